The molecule has 1 heterocycles. The summed E-state index contributed by atoms with van der Waals surface area (Å²) in [6.45, 7) is 1.85. The van der Waals surface area contributed by atoms with Crippen molar-refractivity contribution in [2.24, 2.45) is 0 Å². The Bertz CT molecular complexity index is 900. The van der Waals surface area contributed by atoms with Crippen molar-refractivity contribution >= 4 is 22.8 Å². The smallest absolute Gasteiger partial charge is 0.328 e. The molecule has 0 aliphatic carbocycles. The first kappa shape index (κ1) is 19.4. The van der Waals surface area contributed by atoms with Crippen LogP contribution >= 0.6 is 0 Å². The Labute approximate surface area is 150 Å². The van der Waals surface area contributed by atoms with Gasteiger partial charge < -0.3 is 15.0 Å². The number of hydrogen-bond acceptors (Lipinski definition) is 5. The molecule has 1 aromatic carbocycles. The molecule has 8 nitrogen and oxygen atoms in total. The summed E-state index contributed by atoms with van der Waals surface area (Å²) < 4.78 is 5.72. The topological polar surface area (TPSA) is 110 Å². The van der Waals surface area contributed by atoms with E-state index < -0.39 is 17.7 Å². The van der Waals surface area contributed by atoms with E-state index in [2.05, 4.69) is 15.0 Å². The number of esters is 1. The van der Waals surface area contributed by atoms with E-state index in [1.807, 2.05) is 0 Å². The largest absolute Gasteiger partial charge is 0.467 e. The van der Waals surface area contributed by atoms with Gasteiger partial charge in [0.05, 0.1) is 18.0 Å². The van der Waals surface area contributed by atoms with Crippen LogP contribution in [0.3, 0.4) is 0 Å². The third-order valence-corrected chi connectivity index (χ3v) is 4.11. The zero-order valence-electron chi connectivity index (χ0n) is 14.9. The molecule has 2 N–H and O–H groups in total. The standard InChI is InChI=1S/C18H23N3O5/c1-12(17(24)26-2)19-15(22)10-4-3-7-11-21-16(23)13-8-5-6-9-14(13)20-18(21)25/h5-6,8-9,12H,3-4,7,10-11H2,1-2H3,(H,19,22)(H,20,25)/t12-/m0/s1. The lowest BCUT2D eigenvalue weighted by atomic mass is 10.1. The zero-order chi connectivity index (χ0) is 19.1. The average Bonchev–Trinajstić information content (AvgIpc) is 2.63. The maximum absolute atomic E-state index is 12.4. The van der Waals surface area contributed by atoms with Crippen LogP contribution < -0.4 is 16.6 Å². The molecule has 0 fully saturated rings. The molecule has 0 saturated heterocycles. The Balaban J connectivity index is 1.83. The number of hydrogen-bond donors (Lipinski definition) is 2. The lowest BCUT2D eigenvalue weighted by Crippen LogP contribution is -2.39. The second kappa shape index (κ2) is 8.98. The fourth-order valence-electron chi connectivity index (χ4n) is 2.68. The molecule has 2 rings (SSSR count). The molecule has 140 valence electrons. The van der Waals surface area contributed by atoms with E-state index in [9.17, 15) is 19.2 Å². The zero-order valence-corrected chi connectivity index (χ0v) is 14.9. The Morgan fingerprint density at radius 1 is 1.19 bits per heavy atom. The number of para-hydroxylation sites is 1. The third kappa shape index (κ3) is 4.81. The molecule has 0 radical (unpaired) electrons. The first-order chi connectivity index (χ1) is 12.4. The van der Waals surface area contributed by atoms with E-state index in [1.54, 1.807) is 31.2 Å². The number of methoxy groups -OCH3 is 1. The highest BCUT2D eigenvalue weighted by Crippen LogP contribution is 2.05. The lowest BCUT2D eigenvalue weighted by molar-refractivity contribution is -0.144. The van der Waals surface area contributed by atoms with E-state index in [0.717, 1.165) is 0 Å². The van der Waals surface area contributed by atoms with E-state index in [1.165, 1.54) is 11.7 Å². The first-order valence-corrected chi connectivity index (χ1v) is 8.53. The van der Waals surface area contributed by atoms with Crippen LogP contribution in [0.5, 0.6) is 0 Å². The number of amides is 1. The molecule has 1 atom stereocenters. The van der Waals surface area contributed by atoms with Crippen LogP contribution in [0, 0.1) is 0 Å². The van der Waals surface area contributed by atoms with Crippen molar-refractivity contribution in [1.29, 1.82) is 0 Å². The van der Waals surface area contributed by atoms with Crippen LogP contribution in [0.4, 0.5) is 0 Å². The first-order valence-electron chi connectivity index (χ1n) is 8.53. The highest BCUT2D eigenvalue weighted by molar-refractivity contribution is 5.84. The number of rotatable bonds is 8. The van der Waals surface area contributed by atoms with Gasteiger partial charge >= 0.3 is 11.7 Å². The summed E-state index contributed by atoms with van der Waals surface area (Å²) in [7, 11) is 1.27. The Morgan fingerprint density at radius 2 is 1.92 bits per heavy atom. The fourth-order valence-corrected chi connectivity index (χ4v) is 2.68. The summed E-state index contributed by atoms with van der Waals surface area (Å²) in [4.78, 5) is 50.1. The number of carbonyl (C=O) groups is 2. The van der Waals surface area contributed by atoms with Gasteiger partial charge in [-0.05, 0) is 31.9 Å². The highest BCUT2D eigenvalue weighted by atomic mass is 16.5. The quantitative estimate of drug-likeness (QED) is 0.537. The molecule has 26 heavy (non-hydrogen) atoms. The second-order valence-electron chi connectivity index (χ2n) is 6.06. The molecule has 8 heteroatoms. The van der Waals surface area contributed by atoms with Crippen LogP contribution in [0.15, 0.2) is 33.9 Å². The molecule has 0 saturated carbocycles. The molecule has 1 aromatic heterocycles. The van der Waals surface area contributed by atoms with Crippen molar-refractivity contribution < 1.29 is 14.3 Å². The van der Waals surface area contributed by atoms with Crippen molar-refractivity contribution in [3.63, 3.8) is 0 Å². The van der Waals surface area contributed by atoms with Crippen molar-refractivity contribution in [3.8, 4) is 0 Å². The average molecular weight is 361 g/mol. The van der Waals surface area contributed by atoms with E-state index in [4.69, 9.17) is 0 Å². The van der Waals surface area contributed by atoms with Crippen molar-refractivity contribution in [3.05, 3.63) is 45.1 Å². The summed E-state index contributed by atoms with van der Waals surface area (Å²) in [5.74, 6) is -0.725. The number of fused-ring (bicyclic) bond motifs is 1. The lowest BCUT2D eigenvalue weighted by Gasteiger charge is -2.11. The van der Waals surface area contributed by atoms with Gasteiger partial charge in [-0.25, -0.2) is 9.59 Å². The number of carbonyl (C=O) groups excluding carboxylic acids is 2. The molecule has 2 aromatic rings. The van der Waals surface area contributed by atoms with Crippen LogP contribution in [-0.2, 0) is 20.9 Å². The molecular formula is C18H23N3O5. The number of H-pyrrole nitrogens is 1. The predicted octanol–water partition coefficient (Wildman–Crippen LogP) is 0.928. The van der Waals surface area contributed by atoms with Gasteiger partial charge in [0.1, 0.15) is 6.04 Å². The minimum absolute atomic E-state index is 0.233. The van der Waals surface area contributed by atoms with Gasteiger partial charge in [-0.3, -0.25) is 14.2 Å². The van der Waals surface area contributed by atoms with Crippen molar-refractivity contribution in [2.75, 3.05) is 7.11 Å². The number of ether oxygens (including phenoxy) is 1. The van der Waals surface area contributed by atoms with Crippen molar-refractivity contribution in [2.45, 2.75) is 45.2 Å². The highest BCUT2D eigenvalue weighted by Gasteiger charge is 2.15. The Kier molecular flexibility index (Phi) is 6.71. The minimum atomic E-state index is -0.678. The summed E-state index contributed by atoms with van der Waals surface area (Å²) in [5, 5.41) is 3.03. The van der Waals surface area contributed by atoms with Crippen LogP contribution in [0.25, 0.3) is 10.9 Å². The van der Waals surface area contributed by atoms with Crippen LogP contribution in [0.2, 0.25) is 0 Å². The van der Waals surface area contributed by atoms with Gasteiger partial charge in [0, 0.05) is 13.0 Å². The molecule has 1 amide bonds. The molecule has 0 aliphatic rings. The Hall–Kier alpha value is -2.90. The number of aromatic nitrogens is 2. The van der Waals surface area contributed by atoms with Crippen LogP contribution in [0.1, 0.15) is 32.6 Å². The van der Waals surface area contributed by atoms with Gasteiger partial charge in [-0.1, -0.05) is 18.6 Å². The fraction of sp³-hybridized carbons (Fsp3) is 0.444. The summed E-state index contributed by atoms with van der Waals surface area (Å²) in [6.07, 6.45) is 2.14. The Morgan fingerprint density at radius 3 is 2.65 bits per heavy atom. The molecular weight excluding hydrogens is 338 g/mol. The van der Waals surface area contributed by atoms with Gasteiger partial charge in [0.25, 0.3) is 5.56 Å². The summed E-state index contributed by atoms with van der Waals surface area (Å²) in [6, 6.07) is 6.20. The number of aromatic amines is 1. The van der Waals surface area contributed by atoms with Gasteiger partial charge in [0.15, 0.2) is 0 Å². The van der Waals surface area contributed by atoms with E-state index in [0.29, 0.717) is 36.7 Å². The molecule has 0 unspecified atom stereocenters. The summed E-state index contributed by atoms with van der Waals surface area (Å²) in [5.41, 5.74) is -0.220. The molecule has 0 bridgehead atoms. The third-order valence-electron chi connectivity index (χ3n) is 4.11. The number of nitrogens with zero attached hydrogens (tertiary/aromatic N) is 1. The monoisotopic (exact) mass is 361 g/mol. The number of unbranched alkanes of at least 4 members (excludes halogenated alkanes) is 2. The van der Waals surface area contributed by atoms with Gasteiger partial charge in [0.2, 0.25) is 5.91 Å². The van der Waals surface area contributed by atoms with Crippen LogP contribution in [-0.4, -0.2) is 34.6 Å². The van der Waals surface area contributed by atoms with Crippen molar-refractivity contribution in [1.82, 2.24) is 14.9 Å². The van der Waals surface area contributed by atoms with E-state index >= 15 is 0 Å². The maximum Gasteiger partial charge on any atom is 0.328 e. The number of nitrogens with one attached hydrogen (secondary N) is 2. The predicted molar refractivity (Wildman–Crippen MR) is 96.9 cm³/mol. The number of benzene rings is 1. The molecule has 0 aliphatic heterocycles. The van der Waals surface area contributed by atoms with Gasteiger partial charge in [-0.2, -0.15) is 0 Å². The maximum atomic E-state index is 12.4. The molecule has 0 spiro atoms. The summed E-state index contributed by atoms with van der Waals surface area (Å²) >= 11 is 0. The normalized spacial score (nSPS) is 11.9. The SMILES string of the molecule is COC(=O)[C@H](C)NC(=O)CCCCCn1c(=O)[nH]c2ccccc2c1=O. The minimum Gasteiger partial charge on any atom is -0.467 e. The second-order valence-corrected chi connectivity index (χ2v) is 6.06. The van der Waals surface area contributed by atoms with Gasteiger partial charge in [-0.15, -0.1) is 0 Å². The van der Waals surface area contributed by atoms with E-state index in [-0.39, 0.29) is 17.9 Å².